The van der Waals surface area contributed by atoms with Crippen molar-refractivity contribution in [1.29, 1.82) is 0 Å². The van der Waals surface area contributed by atoms with Crippen LogP contribution in [0.1, 0.15) is 6.92 Å². The molecule has 0 unspecified atom stereocenters. The number of ketones is 1. The Balaban J connectivity index is 2.75. The summed E-state index contributed by atoms with van der Waals surface area (Å²) in [5.74, 6) is -1.09. The minimum absolute atomic E-state index is 0.494. The Bertz CT molecular complexity index is 347. The van der Waals surface area contributed by atoms with Gasteiger partial charge in [-0.2, -0.15) is 0 Å². The van der Waals surface area contributed by atoms with Gasteiger partial charge in [0.2, 0.25) is 5.78 Å². The predicted octanol–water partition coefficient (Wildman–Crippen LogP) is 0.0386. The smallest absolute Gasteiger partial charge is 0.291 e. The number of hydrogen-bond acceptors (Lipinski definition) is 2. The van der Waals surface area contributed by atoms with Gasteiger partial charge in [0.05, 0.1) is 0 Å². The second kappa shape index (κ2) is 3.80. The summed E-state index contributed by atoms with van der Waals surface area (Å²) >= 11 is 0. The number of pyridine rings is 1. The molecule has 4 nitrogen and oxygen atoms in total. The highest BCUT2D eigenvalue weighted by Crippen LogP contribution is 2.00. The van der Waals surface area contributed by atoms with Gasteiger partial charge in [0.25, 0.3) is 5.91 Å². The van der Waals surface area contributed by atoms with Gasteiger partial charge >= 0.3 is 0 Å². The first-order valence-corrected chi connectivity index (χ1v) is 3.87. The standard InChI is InChI=1S/C9H10N2O2/c1-7(12)9(13)10-8-4-3-5-11(2)6-8/h3-6H,1-2H3/p+1. The number of amides is 1. The zero-order valence-electron chi connectivity index (χ0n) is 7.57. The Morgan fingerprint density at radius 3 is 2.69 bits per heavy atom. The summed E-state index contributed by atoms with van der Waals surface area (Å²) in [5, 5.41) is 2.47. The van der Waals surface area contributed by atoms with Crippen LogP contribution in [0.4, 0.5) is 5.69 Å². The maximum atomic E-state index is 11.0. The Kier molecular flexibility index (Phi) is 2.74. The third kappa shape index (κ3) is 2.66. The van der Waals surface area contributed by atoms with Gasteiger partial charge in [-0.05, 0) is 6.07 Å². The SMILES string of the molecule is CC(=O)C(=O)Nc1ccc[n+](C)c1. The molecule has 4 heteroatoms. The van der Waals surface area contributed by atoms with Crippen LogP contribution in [0, 0.1) is 0 Å². The molecule has 0 bridgehead atoms. The van der Waals surface area contributed by atoms with E-state index in [2.05, 4.69) is 5.32 Å². The fraction of sp³-hybridized carbons (Fsp3) is 0.222. The normalized spacial score (nSPS) is 9.38. The van der Waals surface area contributed by atoms with E-state index < -0.39 is 11.7 Å². The first-order chi connectivity index (χ1) is 6.09. The average molecular weight is 179 g/mol. The summed E-state index contributed by atoms with van der Waals surface area (Å²) in [6.07, 6.45) is 3.56. The van der Waals surface area contributed by atoms with Crippen molar-refractivity contribution in [3.05, 3.63) is 24.5 Å². The zero-order valence-corrected chi connectivity index (χ0v) is 7.57. The highest BCUT2D eigenvalue weighted by atomic mass is 16.2. The number of anilines is 1. The first kappa shape index (κ1) is 9.38. The highest BCUT2D eigenvalue weighted by molar-refractivity contribution is 6.39. The molecule has 1 rings (SSSR count). The van der Waals surface area contributed by atoms with Crippen LogP contribution < -0.4 is 9.88 Å². The molecule has 1 heterocycles. The average Bonchev–Trinajstić information content (AvgIpc) is 2.04. The Morgan fingerprint density at radius 1 is 1.46 bits per heavy atom. The molecular formula is C9H11N2O2+. The van der Waals surface area contributed by atoms with E-state index in [1.54, 1.807) is 22.9 Å². The molecule has 13 heavy (non-hydrogen) atoms. The highest BCUT2D eigenvalue weighted by Gasteiger charge is 2.08. The molecule has 1 aromatic heterocycles. The van der Waals surface area contributed by atoms with Crippen molar-refractivity contribution >= 4 is 17.4 Å². The molecule has 0 spiro atoms. The van der Waals surface area contributed by atoms with Crippen molar-refractivity contribution in [1.82, 2.24) is 0 Å². The number of Topliss-reactive ketones (excluding diaryl/α,β-unsaturated/α-hetero) is 1. The van der Waals surface area contributed by atoms with Crippen molar-refractivity contribution in [3.8, 4) is 0 Å². The van der Waals surface area contributed by atoms with Crippen molar-refractivity contribution in [2.24, 2.45) is 7.05 Å². The van der Waals surface area contributed by atoms with E-state index in [0.29, 0.717) is 5.69 Å². The van der Waals surface area contributed by atoms with Crippen molar-refractivity contribution in [2.45, 2.75) is 6.92 Å². The maximum absolute atomic E-state index is 11.0. The molecule has 1 amide bonds. The number of hydrogen-bond donors (Lipinski definition) is 1. The molecule has 0 fully saturated rings. The van der Waals surface area contributed by atoms with Crippen LogP contribution in [0.15, 0.2) is 24.5 Å². The van der Waals surface area contributed by atoms with Gasteiger partial charge in [0.15, 0.2) is 12.4 Å². The monoisotopic (exact) mass is 179 g/mol. The van der Waals surface area contributed by atoms with Crippen LogP contribution in [0.2, 0.25) is 0 Å². The molecule has 0 aliphatic rings. The van der Waals surface area contributed by atoms with Gasteiger partial charge in [0.1, 0.15) is 12.7 Å². The number of nitrogens with one attached hydrogen (secondary N) is 1. The molecule has 0 saturated carbocycles. The summed E-state index contributed by atoms with van der Waals surface area (Å²) in [6, 6.07) is 3.51. The molecule has 0 aliphatic carbocycles. The van der Waals surface area contributed by atoms with Gasteiger partial charge in [-0.1, -0.05) is 0 Å². The number of nitrogens with zero attached hydrogens (tertiary/aromatic N) is 1. The summed E-state index contributed by atoms with van der Waals surface area (Å²) in [6.45, 7) is 1.23. The third-order valence-corrected chi connectivity index (χ3v) is 1.52. The number of aryl methyl sites for hydroxylation is 1. The molecule has 0 aliphatic heterocycles. The van der Waals surface area contributed by atoms with E-state index in [0.717, 1.165) is 0 Å². The maximum Gasteiger partial charge on any atom is 0.291 e. The van der Waals surface area contributed by atoms with Crippen molar-refractivity contribution in [3.63, 3.8) is 0 Å². The van der Waals surface area contributed by atoms with Crippen LogP contribution in [-0.4, -0.2) is 11.7 Å². The zero-order chi connectivity index (χ0) is 9.84. The van der Waals surface area contributed by atoms with Crippen LogP contribution in [0.5, 0.6) is 0 Å². The molecule has 0 saturated heterocycles. The van der Waals surface area contributed by atoms with E-state index in [-0.39, 0.29) is 0 Å². The van der Waals surface area contributed by atoms with Gasteiger partial charge in [-0.3, -0.25) is 9.59 Å². The summed E-state index contributed by atoms with van der Waals surface area (Å²) in [5.41, 5.74) is 0.616. The van der Waals surface area contributed by atoms with Crippen LogP contribution >= 0.6 is 0 Å². The van der Waals surface area contributed by atoms with Gasteiger partial charge in [0, 0.05) is 13.0 Å². The minimum Gasteiger partial charge on any atom is -0.314 e. The second-order valence-electron chi connectivity index (χ2n) is 2.77. The van der Waals surface area contributed by atoms with E-state index in [4.69, 9.17) is 0 Å². The van der Waals surface area contributed by atoms with Crippen LogP contribution in [-0.2, 0) is 16.6 Å². The Morgan fingerprint density at radius 2 is 2.15 bits per heavy atom. The summed E-state index contributed by atoms with van der Waals surface area (Å²) in [7, 11) is 1.84. The second-order valence-corrected chi connectivity index (χ2v) is 2.77. The lowest BCUT2D eigenvalue weighted by Gasteiger charge is -1.99. The van der Waals surface area contributed by atoms with Crippen molar-refractivity contribution in [2.75, 3.05) is 5.32 Å². The first-order valence-electron chi connectivity index (χ1n) is 3.87. The lowest BCUT2D eigenvalue weighted by atomic mass is 10.3. The minimum atomic E-state index is -0.591. The lowest BCUT2D eigenvalue weighted by Crippen LogP contribution is -2.28. The Labute approximate surface area is 76.2 Å². The van der Waals surface area contributed by atoms with E-state index in [9.17, 15) is 9.59 Å². The van der Waals surface area contributed by atoms with Crippen LogP contribution in [0.3, 0.4) is 0 Å². The molecule has 1 aromatic rings. The summed E-state index contributed by atoms with van der Waals surface area (Å²) < 4.78 is 1.79. The van der Waals surface area contributed by atoms with Crippen LogP contribution in [0.25, 0.3) is 0 Å². The van der Waals surface area contributed by atoms with E-state index in [1.165, 1.54) is 6.92 Å². The Hall–Kier alpha value is -1.71. The number of rotatable bonds is 2. The third-order valence-electron chi connectivity index (χ3n) is 1.52. The van der Waals surface area contributed by atoms with Gasteiger partial charge in [-0.15, -0.1) is 0 Å². The van der Waals surface area contributed by atoms with Gasteiger partial charge < -0.3 is 5.32 Å². The number of carbonyl (C=O) groups excluding carboxylic acids is 2. The number of aromatic nitrogens is 1. The number of carbonyl (C=O) groups is 2. The lowest BCUT2D eigenvalue weighted by molar-refractivity contribution is -0.670. The molecule has 0 atom stereocenters. The molecule has 1 N–H and O–H groups in total. The topological polar surface area (TPSA) is 50.1 Å². The molecule has 68 valence electrons. The fourth-order valence-electron chi connectivity index (χ4n) is 0.881. The summed E-state index contributed by atoms with van der Waals surface area (Å²) in [4.78, 5) is 21.6. The quantitative estimate of drug-likeness (QED) is 0.514. The van der Waals surface area contributed by atoms with E-state index in [1.807, 2.05) is 13.2 Å². The molecule has 0 radical (unpaired) electrons. The largest absolute Gasteiger partial charge is 0.314 e. The fourth-order valence-corrected chi connectivity index (χ4v) is 0.881. The van der Waals surface area contributed by atoms with Crippen molar-refractivity contribution < 1.29 is 14.2 Å². The molecule has 0 aromatic carbocycles. The molecular weight excluding hydrogens is 168 g/mol. The predicted molar refractivity (Wildman–Crippen MR) is 46.9 cm³/mol. The van der Waals surface area contributed by atoms with Gasteiger partial charge in [-0.25, -0.2) is 4.57 Å². The van der Waals surface area contributed by atoms with E-state index >= 15 is 0 Å².